The molecule has 182 valence electrons. The van der Waals surface area contributed by atoms with E-state index in [-0.39, 0.29) is 23.8 Å². The first-order valence-electron chi connectivity index (χ1n) is 11.4. The Bertz CT molecular complexity index is 1690. The average Bonchev–Trinajstić information content (AvgIpc) is 3.46. The highest BCUT2D eigenvalue weighted by molar-refractivity contribution is 5.98. The molecule has 10 nitrogen and oxygen atoms in total. The zero-order chi connectivity index (χ0) is 25.4. The second kappa shape index (κ2) is 9.14. The quantitative estimate of drug-likeness (QED) is 0.382. The first-order chi connectivity index (χ1) is 17.3. The molecule has 0 aliphatic rings. The summed E-state index contributed by atoms with van der Waals surface area (Å²) in [7, 11) is 1.62. The van der Waals surface area contributed by atoms with Crippen LogP contribution < -0.4 is 16.4 Å². The fourth-order valence-corrected chi connectivity index (χ4v) is 3.93. The van der Waals surface area contributed by atoms with E-state index in [1.165, 1.54) is 26.9 Å². The van der Waals surface area contributed by atoms with Crippen LogP contribution in [0.25, 0.3) is 16.7 Å². The summed E-state index contributed by atoms with van der Waals surface area (Å²) in [5, 5.41) is 9.89. The van der Waals surface area contributed by atoms with Crippen molar-refractivity contribution in [3.8, 4) is 0 Å². The Hall–Kier alpha value is -4.73. The summed E-state index contributed by atoms with van der Waals surface area (Å²) in [6, 6.07) is 14.3. The maximum absolute atomic E-state index is 13.0. The van der Waals surface area contributed by atoms with Crippen molar-refractivity contribution in [3.05, 3.63) is 98.9 Å². The van der Waals surface area contributed by atoms with E-state index in [1.54, 1.807) is 31.3 Å². The number of carbonyl (C=O) groups is 2. The molecular weight excluding hydrogens is 460 g/mol. The van der Waals surface area contributed by atoms with Crippen LogP contribution >= 0.6 is 0 Å². The Morgan fingerprint density at radius 2 is 1.64 bits per heavy atom. The molecule has 36 heavy (non-hydrogen) atoms. The number of nitrogens with zero attached hydrogens (tertiary/aromatic N) is 4. The van der Waals surface area contributed by atoms with Gasteiger partial charge in [0.15, 0.2) is 11.2 Å². The number of carbonyl (C=O) groups excluding carboxylic acids is 2. The van der Waals surface area contributed by atoms with E-state index >= 15 is 0 Å². The molecule has 10 heteroatoms. The molecule has 0 bridgehead atoms. The van der Waals surface area contributed by atoms with E-state index < -0.39 is 11.7 Å². The van der Waals surface area contributed by atoms with Crippen LogP contribution in [0, 0.1) is 13.8 Å². The van der Waals surface area contributed by atoms with Gasteiger partial charge in [-0.3, -0.25) is 14.2 Å². The molecule has 2 N–H and O–H groups in total. The van der Waals surface area contributed by atoms with Crippen molar-refractivity contribution in [2.45, 2.75) is 26.9 Å². The summed E-state index contributed by atoms with van der Waals surface area (Å²) in [6.07, 6.45) is 1.52. The number of fused-ring (bicyclic) bond motifs is 2. The minimum atomic E-state index is -0.451. The molecule has 2 amide bonds. The Morgan fingerprint density at radius 3 is 2.42 bits per heavy atom. The van der Waals surface area contributed by atoms with Crippen molar-refractivity contribution in [2.24, 2.45) is 7.05 Å². The van der Waals surface area contributed by atoms with Gasteiger partial charge in [0.1, 0.15) is 11.4 Å². The number of amides is 2. The number of aromatic nitrogens is 4. The van der Waals surface area contributed by atoms with Crippen molar-refractivity contribution in [1.29, 1.82) is 0 Å². The zero-order valence-electron chi connectivity index (χ0n) is 20.0. The summed E-state index contributed by atoms with van der Waals surface area (Å²) >= 11 is 0. The van der Waals surface area contributed by atoms with Gasteiger partial charge in [0, 0.05) is 32.3 Å². The first-order valence-corrected chi connectivity index (χ1v) is 11.4. The first kappa shape index (κ1) is 23.0. The lowest BCUT2D eigenvalue weighted by atomic mass is 10.1. The van der Waals surface area contributed by atoms with Gasteiger partial charge >= 0.3 is 5.76 Å². The maximum atomic E-state index is 13.0. The lowest BCUT2D eigenvalue weighted by Gasteiger charge is -2.10. The van der Waals surface area contributed by atoms with Crippen LogP contribution in [0.4, 0.5) is 0 Å². The second-order valence-electron chi connectivity index (χ2n) is 8.64. The van der Waals surface area contributed by atoms with Crippen LogP contribution in [0.5, 0.6) is 0 Å². The molecule has 2 aromatic carbocycles. The fourth-order valence-electron chi connectivity index (χ4n) is 3.93. The van der Waals surface area contributed by atoms with E-state index in [9.17, 15) is 14.4 Å². The fraction of sp³-hybridized carbons (Fsp3) is 0.192. The van der Waals surface area contributed by atoms with Crippen molar-refractivity contribution in [2.75, 3.05) is 0 Å². The number of hydrogen-bond acceptors (Lipinski definition) is 6. The minimum absolute atomic E-state index is 0.0936. The summed E-state index contributed by atoms with van der Waals surface area (Å²) in [4.78, 5) is 42.0. The smallest absolute Gasteiger partial charge is 0.408 e. The van der Waals surface area contributed by atoms with E-state index in [1.807, 2.05) is 32.0 Å². The number of benzene rings is 2. The Kier molecular flexibility index (Phi) is 5.85. The number of rotatable bonds is 6. The van der Waals surface area contributed by atoms with Crippen LogP contribution in [0.2, 0.25) is 0 Å². The number of oxazole rings is 1. The van der Waals surface area contributed by atoms with Gasteiger partial charge in [0.2, 0.25) is 0 Å². The third kappa shape index (κ3) is 4.36. The van der Waals surface area contributed by atoms with E-state index in [0.717, 1.165) is 16.7 Å². The van der Waals surface area contributed by atoms with Crippen molar-refractivity contribution in [3.63, 3.8) is 0 Å². The molecular formula is C26H24N6O4. The largest absolute Gasteiger partial charge is 0.419 e. The average molecular weight is 485 g/mol. The normalized spacial score (nSPS) is 11.2. The van der Waals surface area contributed by atoms with E-state index in [0.29, 0.717) is 23.3 Å². The lowest BCUT2D eigenvalue weighted by molar-refractivity contribution is 0.0942. The highest BCUT2D eigenvalue weighted by atomic mass is 16.4. The lowest BCUT2D eigenvalue weighted by Crippen LogP contribution is -2.28. The van der Waals surface area contributed by atoms with Gasteiger partial charge in [-0.05, 0) is 48.2 Å². The second-order valence-corrected chi connectivity index (χ2v) is 8.64. The van der Waals surface area contributed by atoms with Crippen LogP contribution in [0.3, 0.4) is 0 Å². The molecule has 5 rings (SSSR count). The van der Waals surface area contributed by atoms with Gasteiger partial charge in [-0.1, -0.05) is 24.3 Å². The standard InChI is InChI=1S/C26H24N6O4/c1-15-4-5-17(10-16(15)2)13-28-25(34)21-12-19(30-23-8-9-29-32(21)23)24(33)27-14-18-6-7-22-20(11-18)31(3)26(35)36-22/h4-12H,13-14H2,1-3H3,(H,27,33)(H,28,34). The van der Waals surface area contributed by atoms with Gasteiger partial charge in [-0.15, -0.1) is 0 Å². The molecule has 0 radical (unpaired) electrons. The molecule has 0 fully saturated rings. The molecule has 0 saturated heterocycles. The van der Waals surface area contributed by atoms with Gasteiger partial charge in [0.25, 0.3) is 11.8 Å². The third-order valence-electron chi connectivity index (χ3n) is 6.16. The topological polar surface area (TPSA) is 124 Å². The molecule has 0 spiro atoms. The van der Waals surface area contributed by atoms with Crippen molar-refractivity contribution < 1.29 is 14.0 Å². The predicted octanol–water partition coefficient (Wildman–Crippen LogP) is 2.65. The Labute approximate surface area is 205 Å². The highest BCUT2D eigenvalue weighted by Crippen LogP contribution is 2.15. The van der Waals surface area contributed by atoms with Crippen molar-refractivity contribution >= 4 is 28.6 Å². The monoisotopic (exact) mass is 484 g/mol. The number of aryl methyl sites for hydroxylation is 3. The Morgan fingerprint density at radius 1 is 0.917 bits per heavy atom. The molecule has 0 atom stereocenters. The molecule has 3 aromatic heterocycles. The van der Waals surface area contributed by atoms with Crippen LogP contribution in [-0.4, -0.2) is 31.0 Å². The number of hydrogen-bond donors (Lipinski definition) is 2. The predicted molar refractivity (Wildman–Crippen MR) is 133 cm³/mol. The van der Waals surface area contributed by atoms with Gasteiger partial charge in [-0.25, -0.2) is 14.3 Å². The molecule has 0 unspecified atom stereocenters. The van der Waals surface area contributed by atoms with E-state index in [2.05, 4.69) is 20.7 Å². The van der Waals surface area contributed by atoms with Crippen LogP contribution in [0.15, 0.2) is 63.9 Å². The summed E-state index contributed by atoms with van der Waals surface area (Å²) in [6.45, 7) is 4.60. The van der Waals surface area contributed by atoms with Crippen LogP contribution in [0.1, 0.15) is 43.2 Å². The summed E-state index contributed by atoms with van der Waals surface area (Å²) in [5.41, 5.74) is 5.87. The molecule has 0 aliphatic carbocycles. The summed E-state index contributed by atoms with van der Waals surface area (Å²) < 4.78 is 7.94. The van der Waals surface area contributed by atoms with E-state index in [4.69, 9.17) is 4.42 Å². The van der Waals surface area contributed by atoms with Crippen LogP contribution in [-0.2, 0) is 20.1 Å². The Balaban J connectivity index is 1.34. The van der Waals surface area contributed by atoms with Gasteiger partial charge in [-0.2, -0.15) is 5.10 Å². The molecule has 0 saturated carbocycles. The minimum Gasteiger partial charge on any atom is -0.408 e. The van der Waals surface area contributed by atoms with Gasteiger partial charge in [0.05, 0.1) is 11.7 Å². The highest BCUT2D eigenvalue weighted by Gasteiger charge is 2.18. The molecule has 0 aliphatic heterocycles. The maximum Gasteiger partial charge on any atom is 0.419 e. The van der Waals surface area contributed by atoms with Crippen molar-refractivity contribution in [1.82, 2.24) is 29.8 Å². The number of nitrogens with one attached hydrogen (secondary N) is 2. The SMILES string of the molecule is Cc1ccc(CNC(=O)c2cc(C(=O)NCc3ccc4oc(=O)n(C)c4c3)nc3ccnn23)cc1C. The third-order valence-corrected chi connectivity index (χ3v) is 6.16. The molecule has 5 aromatic rings. The zero-order valence-corrected chi connectivity index (χ0v) is 20.0. The molecule has 3 heterocycles. The summed E-state index contributed by atoms with van der Waals surface area (Å²) in [5.74, 6) is -1.26. The van der Waals surface area contributed by atoms with Gasteiger partial charge < -0.3 is 15.1 Å².